The molecule has 1 aromatic rings. The Labute approximate surface area is 105 Å². The van der Waals surface area contributed by atoms with Crippen molar-refractivity contribution in [3.63, 3.8) is 0 Å². The van der Waals surface area contributed by atoms with Crippen molar-refractivity contribution in [2.75, 3.05) is 19.1 Å². The van der Waals surface area contributed by atoms with Crippen molar-refractivity contribution < 1.29 is 0 Å². The topological polar surface area (TPSA) is 12.0 Å². The summed E-state index contributed by atoms with van der Waals surface area (Å²) in [5.74, 6) is 1.22. The van der Waals surface area contributed by atoms with Gasteiger partial charge in [0.2, 0.25) is 0 Å². The fourth-order valence-corrected chi connectivity index (χ4v) is 2.50. The molecule has 1 rings (SSSR count). The van der Waals surface area contributed by atoms with Crippen molar-refractivity contribution in [3.8, 4) is 0 Å². The standard InChI is InChI=1S/C12H18BrNS/c1-14-11(7-8-15-2)9-10-5-3-4-6-12(10)13/h3-6,11,14H,7-9H2,1-2H3. The van der Waals surface area contributed by atoms with Crippen LogP contribution in [0.25, 0.3) is 0 Å². The van der Waals surface area contributed by atoms with Crippen molar-refractivity contribution in [3.05, 3.63) is 34.3 Å². The van der Waals surface area contributed by atoms with Crippen molar-refractivity contribution >= 4 is 27.7 Å². The van der Waals surface area contributed by atoms with E-state index >= 15 is 0 Å². The van der Waals surface area contributed by atoms with Crippen LogP contribution in [0.1, 0.15) is 12.0 Å². The van der Waals surface area contributed by atoms with E-state index in [2.05, 4.69) is 51.8 Å². The lowest BCUT2D eigenvalue weighted by molar-refractivity contribution is 0.546. The number of likely N-dealkylation sites (N-methyl/N-ethyl adjacent to an activating group) is 1. The minimum Gasteiger partial charge on any atom is -0.317 e. The van der Waals surface area contributed by atoms with Gasteiger partial charge in [0, 0.05) is 10.5 Å². The molecule has 1 N–H and O–H groups in total. The van der Waals surface area contributed by atoms with Crippen LogP contribution in [0.3, 0.4) is 0 Å². The van der Waals surface area contributed by atoms with Gasteiger partial charge in [-0.05, 0) is 43.5 Å². The van der Waals surface area contributed by atoms with Crippen LogP contribution in [-0.2, 0) is 6.42 Å². The zero-order valence-electron chi connectivity index (χ0n) is 9.29. The molecule has 1 unspecified atom stereocenters. The highest BCUT2D eigenvalue weighted by atomic mass is 79.9. The summed E-state index contributed by atoms with van der Waals surface area (Å²) < 4.78 is 1.22. The molecular formula is C12H18BrNS. The van der Waals surface area contributed by atoms with Gasteiger partial charge in [-0.2, -0.15) is 11.8 Å². The van der Waals surface area contributed by atoms with Gasteiger partial charge in [0.1, 0.15) is 0 Å². The third-order valence-corrected chi connectivity index (χ3v) is 3.92. The first-order valence-corrected chi connectivity index (χ1v) is 7.36. The molecule has 1 aromatic carbocycles. The summed E-state index contributed by atoms with van der Waals surface area (Å²) in [4.78, 5) is 0. The number of hydrogen-bond donors (Lipinski definition) is 1. The Morgan fingerprint density at radius 2 is 2.13 bits per heavy atom. The number of thioether (sulfide) groups is 1. The molecule has 0 amide bonds. The molecule has 0 aliphatic heterocycles. The van der Waals surface area contributed by atoms with E-state index in [1.165, 1.54) is 22.2 Å². The van der Waals surface area contributed by atoms with E-state index in [1.54, 1.807) is 0 Å². The highest BCUT2D eigenvalue weighted by molar-refractivity contribution is 9.10. The van der Waals surface area contributed by atoms with Gasteiger partial charge in [-0.25, -0.2) is 0 Å². The molecule has 0 aromatic heterocycles. The van der Waals surface area contributed by atoms with Crippen LogP contribution in [0.15, 0.2) is 28.7 Å². The average Bonchev–Trinajstić information content (AvgIpc) is 2.26. The molecule has 84 valence electrons. The Balaban J connectivity index is 2.54. The maximum absolute atomic E-state index is 3.59. The predicted octanol–water partition coefficient (Wildman–Crippen LogP) is 3.33. The minimum atomic E-state index is 0.580. The first kappa shape index (κ1) is 13.1. The monoisotopic (exact) mass is 287 g/mol. The molecule has 0 radical (unpaired) electrons. The number of nitrogens with one attached hydrogen (secondary N) is 1. The van der Waals surface area contributed by atoms with E-state index in [1.807, 2.05) is 18.8 Å². The molecular weight excluding hydrogens is 270 g/mol. The Hall–Kier alpha value is 0.01000. The molecule has 0 spiro atoms. The summed E-state index contributed by atoms with van der Waals surface area (Å²) in [5.41, 5.74) is 1.39. The highest BCUT2D eigenvalue weighted by Crippen LogP contribution is 2.18. The van der Waals surface area contributed by atoms with Gasteiger partial charge in [0.15, 0.2) is 0 Å². The fourth-order valence-electron chi connectivity index (χ4n) is 1.54. The molecule has 1 nitrogen and oxygen atoms in total. The van der Waals surface area contributed by atoms with Crippen molar-refractivity contribution in [2.24, 2.45) is 0 Å². The maximum atomic E-state index is 3.59. The minimum absolute atomic E-state index is 0.580. The zero-order valence-corrected chi connectivity index (χ0v) is 11.7. The molecule has 1 atom stereocenters. The number of benzene rings is 1. The fraction of sp³-hybridized carbons (Fsp3) is 0.500. The molecule has 0 saturated heterocycles. The first-order chi connectivity index (χ1) is 7.27. The van der Waals surface area contributed by atoms with Crippen molar-refractivity contribution in [1.82, 2.24) is 5.32 Å². The van der Waals surface area contributed by atoms with E-state index in [9.17, 15) is 0 Å². The summed E-state index contributed by atoms with van der Waals surface area (Å²) in [6.07, 6.45) is 4.47. The van der Waals surface area contributed by atoms with E-state index in [0.29, 0.717) is 6.04 Å². The summed E-state index contributed by atoms with van der Waals surface area (Å²) in [5, 5.41) is 3.38. The van der Waals surface area contributed by atoms with Crippen LogP contribution in [-0.4, -0.2) is 25.1 Å². The van der Waals surface area contributed by atoms with Crippen LogP contribution >= 0.6 is 27.7 Å². The summed E-state index contributed by atoms with van der Waals surface area (Å²) in [6, 6.07) is 9.03. The third-order valence-electron chi connectivity index (χ3n) is 2.50. The van der Waals surface area contributed by atoms with E-state index < -0.39 is 0 Å². The zero-order chi connectivity index (χ0) is 11.1. The Morgan fingerprint density at radius 1 is 1.40 bits per heavy atom. The van der Waals surface area contributed by atoms with Gasteiger partial charge in [-0.15, -0.1) is 0 Å². The van der Waals surface area contributed by atoms with Crippen LogP contribution < -0.4 is 5.32 Å². The Bertz CT molecular complexity index is 291. The quantitative estimate of drug-likeness (QED) is 0.861. The number of rotatable bonds is 6. The first-order valence-electron chi connectivity index (χ1n) is 5.17. The molecule has 0 saturated carbocycles. The number of hydrogen-bond acceptors (Lipinski definition) is 2. The second-order valence-electron chi connectivity index (χ2n) is 3.56. The third kappa shape index (κ3) is 4.58. The van der Waals surface area contributed by atoms with Crippen LogP contribution in [0, 0.1) is 0 Å². The summed E-state index contributed by atoms with van der Waals surface area (Å²) in [6.45, 7) is 0. The van der Waals surface area contributed by atoms with E-state index in [0.717, 1.165) is 6.42 Å². The number of halogens is 1. The molecule has 15 heavy (non-hydrogen) atoms. The molecule has 0 fully saturated rings. The van der Waals surface area contributed by atoms with Crippen LogP contribution in [0.4, 0.5) is 0 Å². The maximum Gasteiger partial charge on any atom is 0.0207 e. The SMILES string of the molecule is CNC(CCSC)Cc1ccccc1Br. The Kier molecular flexibility index (Phi) is 6.37. The molecule has 0 bridgehead atoms. The average molecular weight is 288 g/mol. The van der Waals surface area contributed by atoms with Gasteiger partial charge in [-0.3, -0.25) is 0 Å². The van der Waals surface area contributed by atoms with Gasteiger partial charge >= 0.3 is 0 Å². The second kappa shape index (κ2) is 7.31. The van der Waals surface area contributed by atoms with Crippen molar-refractivity contribution in [1.29, 1.82) is 0 Å². The molecule has 0 heterocycles. The van der Waals surface area contributed by atoms with Crippen LogP contribution in [0.5, 0.6) is 0 Å². The predicted molar refractivity (Wildman–Crippen MR) is 73.7 cm³/mol. The molecule has 0 aliphatic rings. The Morgan fingerprint density at radius 3 is 2.73 bits per heavy atom. The van der Waals surface area contributed by atoms with Gasteiger partial charge < -0.3 is 5.32 Å². The molecule has 3 heteroatoms. The van der Waals surface area contributed by atoms with Gasteiger partial charge in [0.25, 0.3) is 0 Å². The largest absolute Gasteiger partial charge is 0.317 e. The lowest BCUT2D eigenvalue weighted by Crippen LogP contribution is -2.28. The van der Waals surface area contributed by atoms with Gasteiger partial charge in [-0.1, -0.05) is 34.1 Å². The van der Waals surface area contributed by atoms with E-state index in [-0.39, 0.29) is 0 Å². The van der Waals surface area contributed by atoms with E-state index in [4.69, 9.17) is 0 Å². The lowest BCUT2D eigenvalue weighted by Gasteiger charge is -2.16. The van der Waals surface area contributed by atoms with Crippen molar-refractivity contribution in [2.45, 2.75) is 18.9 Å². The van der Waals surface area contributed by atoms with Gasteiger partial charge in [0.05, 0.1) is 0 Å². The smallest absolute Gasteiger partial charge is 0.0207 e. The second-order valence-corrected chi connectivity index (χ2v) is 5.40. The van der Waals surface area contributed by atoms with Crippen LogP contribution in [0.2, 0.25) is 0 Å². The highest BCUT2D eigenvalue weighted by Gasteiger charge is 2.08. The lowest BCUT2D eigenvalue weighted by atomic mass is 10.0. The summed E-state index contributed by atoms with van der Waals surface area (Å²) >= 11 is 5.50. The summed E-state index contributed by atoms with van der Waals surface area (Å²) in [7, 11) is 2.04. The molecule has 0 aliphatic carbocycles. The normalized spacial score (nSPS) is 12.7.